The highest BCUT2D eigenvalue weighted by atomic mass is 15.0. The van der Waals surface area contributed by atoms with Crippen LogP contribution < -0.4 is 0 Å². The van der Waals surface area contributed by atoms with E-state index in [-0.39, 0.29) is 0 Å². The zero-order chi connectivity index (χ0) is 36.3. The predicted octanol–water partition coefficient (Wildman–Crippen LogP) is 14.9. The highest BCUT2D eigenvalue weighted by Crippen LogP contribution is 2.46. The summed E-state index contributed by atoms with van der Waals surface area (Å²) in [7, 11) is 0. The van der Waals surface area contributed by atoms with Crippen molar-refractivity contribution in [3.8, 4) is 50.3 Å². The molecule has 0 radical (unpaired) electrons. The first-order valence-corrected chi connectivity index (χ1v) is 19.0. The monoisotopic (exact) mass is 697 g/mol. The van der Waals surface area contributed by atoms with Crippen molar-refractivity contribution in [3.63, 3.8) is 0 Å². The Hall–Kier alpha value is -7.22. The molecule has 0 unspecified atom stereocenters. The maximum absolute atomic E-state index is 2.52. The van der Waals surface area contributed by atoms with E-state index < -0.39 is 0 Å². The Morgan fingerprint density at radius 1 is 0.273 bits per heavy atom. The molecule has 1 heterocycles. The van der Waals surface area contributed by atoms with E-state index in [0.717, 1.165) is 5.69 Å². The van der Waals surface area contributed by atoms with E-state index in [4.69, 9.17) is 0 Å². The molecule has 11 aromatic rings. The van der Waals surface area contributed by atoms with Gasteiger partial charge in [0.2, 0.25) is 0 Å². The Balaban J connectivity index is 1.20. The van der Waals surface area contributed by atoms with Gasteiger partial charge in [-0.15, -0.1) is 0 Å². The lowest BCUT2D eigenvalue weighted by atomic mass is 9.93. The second-order valence-corrected chi connectivity index (χ2v) is 14.5. The van der Waals surface area contributed by atoms with Gasteiger partial charge in [0.25, 0.3) is 0 Å². The topological polar surface area (TPSA) is 4.93 Å². The van der Waals surface area contributed by atoms with Crippen LogP contribution in [0.2, 0.25) is 0 Å². The SMILES string of the molecule is c1ccc(-c2c(-c3ccccc3)n(-c3ccc(-c4cc5ccccc5c5ccccc45)cc3)c3c2ccc2c(-c4ccc5ccccc5c4)cccc23)cc1. The molecule has 11 rings (SSSR count). The zero-order valence-electron chi connectivity index (χ0n) is 30.2. The van der Waals surface area contributed by atoms with Crippen LogP contribution in [0.5, 0.6) is 0 Å². The van der Waals surface area contributed by atoms with Crippen LogP contribution in [0.1, 0.15) is 0 Å². The van der Waals surface area contributed by atoms with E-state index in [0.29, 0.717) is 0 Å². The normalized spacial score (nSPS) is 11.6. The lowest BCUT2D eigenvalue weighted by molar-refractivity contribution is 1.14. The summed E-state index contributed by atoms with van der Waals surface area (Å²) < 4.78 is 2.52. The van der Waals surface area contributed by atoms with E-state index in [1.165, 1.54) is 98.6 Å². The maximum atomic E-state index is 2.52. The predicted molar refractivity (Wildman–Crippen MR) is 235 cm³/mol. The van der Waals surface area contributed by atoms with Crippen molar-refractivity contribution in [1.82, 2.24) is 4.57 Å². The number of hydrogen-bond acceptors (Lipinski definition) is 0. The lowest BCUT2D eigenvalue weighted by Gasteiger charge is -2.16. The molecule has 0 saturated heterocycles. The van der Waals surface area contributed by atoms with Crippen molar-refractivity contribution in [2.75, 3.05) is 0 Å². The van der Waals surface area contributed by atoms with Crippen LogP contribution in [0.3, 0.4) is 0 Å². The van der Waals surface area contributed by atoms with Crippen LogP contribution in [-0.2, 0) is 0 Å². The molecule has 0 aliphatic heterocycles. The molecule has 0 amide bonds. The van der Waals surface area contributed by atoms with Gasteiger partial charge in [0.1, 0.15) is 0 Å². The Labute approximate surface area is 320 Å². The molecule has 0 saturated carbocycles. The molecular formula is C54H35N. The fourth-order valence-corrected chi connectivity index (χ4v) is 8.85. The van der Waals surface area contributed by atoms with Crippen LogP contribution >= 0.6 is 0 Å². The maximum Gasteiger partial charge on any atom is 0.0620 e. The first-order valence-electron chi connectivity index (χ1n) is 19.0. The number of benzene rings is 10. The van der Waals surface area contributed by atoms with Crippen molar-refractivity contribution >= 4 is 54.0 Å². The molecule has 0 aliphatic carbocycles. The van der Waals surface area contributed by atoms with Gasteiger partial charge < -0.3 is 4.57 Å². The fraction of sp³-hybridized carbons (Fsp3) is 0. The summed E-state index contributed by atoms with van der Waals surface area (Å²) in [5.74, 6) is 0. The molecule has 0 bridgehead atoms. The van der Waals surface area contributed by atoms with Gasteiger partial charge in [0.05, 0.1) is 11.2 Å². The molecule has 256 valence electrons. The van der Waals surface area contributed by atoms with Crippen molar-refractivity contribution < 1.29 is 0 Å². The van der Waals surface area contributed by atoms with Crippen LogP contribution in [0.4, 0.5) is 0 Å². The van der Waals surface area contributed by atoms with Crippen molar-refractivity contribution in [2.45, 2.75) is 0 Å². The van der Waals surface area contributed by atoms with Gasteiger partial charge in [0, 0.05) is 22.0 Å². The average molecular weight is 698 g/mol. The van der Waals surface area contributed by atoms with Crippen LogP contribution in [0, 0.1) is 0 Å². The summed E-state index contributed by atoms with van der Waals surface area (Å²) in [6.45, 7) is 0. The number of aromatic nitrogens is 1. The quantitative estimate of drug-likeness (QED) is 0.158. The van der Waals surface area contributed by atoms with Gasteiger partial charge in [-0.3, -0.25) is 0 Å². The molecule has 0 N–H and O–H groups in total. The molecular weight excluding hydrogens is 663 g/mol. The summed E-state index contributed by atoms with van der Waals surface area (Å²) in [6.07, 6.45) is 0. The third-order valence-corrected chi connectivity index (χ3v) is 11.4. The summed E-state index contributed by atoms with van der Waals surface area (Å²) in [5.41, 5.74) is 12.1. The van der Waals surface area contributed by atoms with Crippen LogP contribution in [-0.4, -0.2) is 4.57 Å². The number of rotatable bonds is 5. The van der Waals surface area contributed by atoms with E-state index in [1.54, 1.807) is 0 Å². The van der Waals surface area contributed by atoms with Crippen LogP contribution in [0.15, 0.2) is 212 Å². The Kier molecular flexibility index (Phi) is 7.25. The first-order chi connectivity index (χ1) is 27.3. The highest BCUT2D eigenvalue weighted by Gasteiger charge is 2.24. The standard InChI is InChI=1S/C54H35N/c1-3-15-38(16-4-1)52-50-33-32-48-45(42-27-26-36-14-7-8-19-40(36)34-42)24-13-25-49(48)54(50)55(53(52)39-17-5-2-6-18-39)43-30-28-37(29-31-43)51-35-41-20-9-10-21-44(41)46-22-11-12-23-47(46)51/h1-35H. The minimum Gasteiger partial charge on any atom is -0.308 e. The van der Waals surface area contributed by atoms with E-state index in [9.17, 15) is 0 Å². The molecule has 0 atom stereocenters. The fourth-order valence-electron chi connectivity index (χ4n) is 8.85. The van der Waals surface area contributed by atoms with E-state index in [1.807, 2.05) is 0 Å². The largest absolute Gasteiger partial charge is 0.308 e. The van der Waals surface area contributed by atoms with Crippen LogP contribution in [0.25, 0.3) is 104 Å². The van der Waals surface area contributed by atoms with Gasteiger partial charge in [-0.2, -0.15) is 0 Å². The van der Waals surface area contributed by atoms with E-state index in [2.05, 4.69) is 217 Å². The summed E-state index contributed by atoms with van der Waals surface area (Å²) in [6, 6.07) is 77.8. The number of hydrogen-bond donors (Lipinski definition) is 0. The molecule has 0 fully saturated rings. The summed E-state index contributed by atoms with van der Waals surface area (Å²) in [5, 5.41) is 11.3. The molecule has 0 spiro atoms. The smallest absolute Gasteiger partial charge is 0.0620 e. The second kappa shape index (κ2) is 12.7. The third-order valence-electron chi connectivity index (χ3n) is 11.4. The van der Waals surface area contributed by atoms with E-state index >= 15 is 0 Å². The molecule has 10 aromatic carbocycles. The van der Waals surface area contributed by atoms with Gasteiger partial charge in [0.15, 0.2) is 0 Å². The van der Waals surface area contributed by atoms with Crippen molar-refractivity contribution in [1.29, 1.82) is 0 Å². The molecule has 1 aromatic heterocycles. The second-order valence-electron chi connectivity index (χ2n) is 14.5. The zero-order valence-corrected chi connectivity index (χ0v) is 30.2. The average Bonchev–Trinajstić information content (AvgIpc) is 3.62. The van der Waals surface area contributed by atoms with Gasteiger partial charge in [-0.05, 0) is 95.3 Å². The molecule has 55 heavy (non-hydrogen) atoms. The lowest BCUT2D eigenvalue weighted by Crippen LogP contribution is -1.98. The highest BCUT2D eigenvalue weighted by molar-refractivity contribution is 6.19. The molecule has 1 heteroatoms. The van der Waals surface area contributed by atoms with Gasteiger partial charge >= 0.3 is 0 Å². The summed E-state index contributed by atoms with van der Waals surface area (Å²) >= 11 is 0. The number of fused-ring (bicyclic) bond motifs is 7. The minimum atomic E-state index is 1.13. The number of nitrogens with zero attached hydrogens (tertiary/aromatic N) is 1. The summed E-state index contributed by atoms with van der Waals surface area (Å²) in [4.78, 5) is 0. The van der Waals surface area contributed by atoms with Gasteiger partial charge in [-0.1, -0.05) is 188 Å². The Morgan fingerprint density at radius 3 is 1.64 bits per heavy atom. The van der Waals surface area contributed by atoms with Crippen molar-refractivity contribution in [3.05, 3.63) is 212 Å². The third kappa shape index (κ3) is 5.09. The Morgan fingerprint density at radius 2 is 0.855 bits per heavy atom. The van der Waals surface area contributed by atoms with Crippen molar-refractivity contribution in [2.24, 2.45) is 0 Å². The molecule has 0 aliphatic rings. The van der Waals surface area contributed by atoms with Gasteiger partial charge in [-0.25, -0.2) is 0 Å². The minimum absolute atomic E-state index is 1.13. The Bertz CT molecular complexity index is 3230. The first kappa shape index (κ1) is 31.3. The molecule has 1 nitrogen and oxygen atoms in total.